The Morgan fingerprint density at radius 1 is 1.42 bits per heavy atom. The highest BCUT2D eigenvalue weighted by Crippen LogP contribution is 2.29. The summed E-state index contributed by atoms with van der Waals surface area (Å²) in [6.07, 6.45) is 0. The van der Waals surface area contributed by atoms with E-state index in [2.05, 4.69) is 15.8 Å². The molecule has 26 heavy (non-hydrogen) atoms. The van der Waals surface area contributed by atoms with Crippen LogP contribution in [-0.4, -0.2) is 40.6 Å². The molecule has 1 aliphatic rings. The molecule has 0 saturated carbocycles. The zero-order valence-corrected chi connectivity index (χ0v) is 15.7. The summed E-state index contributed by atoms with van der Waals surface area (Å²) >= 11 is 1.47. The molecular weight excluding hydrogens is 354 g/mol. The maximum absolute atomic E-state index is 12.3. The summed E-state index contributed by atoms with van der Waals surface area (Å²) in [5.74, 6) is 1.56. The van der Waals surface area contributed by atoms with Crippen molar-refractivity contribution in [2.24, 2.45) is 0 Å². The van der Waals surface area contributed by atoms with Crippen molar-refractivity contribution in [1.29, 1.82) is 0 Å². The summed E-state index contributed by atoms with van der Waals surface area (Å²) in [7, 11) is 1.61. The van der Waals surface area contributed by atoms with Crippen LogP contribution in [0, 0.1) is 0 Å². The predicted octanol–water partition coefficient (Wildman–Crippen LogP) is 1.98. The summed E-state index contributed by atoms with van der Waals surface area (Å²) in [4.78, 5) is 24.2. The number of methoxy groups -OCH3 is 1. The maximum atomic E-state index is 12.3. The molecule has 138 valence electrons. The third-order valence-corrected chi connectivity index (χ3v) is 5.56. The number of carbonyl (C=O) groups excluding carboxylic acids is 2. The molecule has 2 amide bonds. The molecule has 1 atom stereocenters. The van der Waals surface area contributed by atoms with Gasteiger partial charge in [0, 0.05) is 17.4 Å². The lowest BCUT2D eigenvalue weighted by molar-refractivity contribution is -0.129. The Labute approximate surface area is 155 Å². The second kappa shape index (κ2) is 7.41. The van der Waals surface area contributed by atoms with Crippen LogP contribution in [0.5, 0.6) is 5.75 Å². The Kier molecular flexibility index (Phi) is 5.22. The van der Waals surface area contributed by atoms with E-state index in [1.165, 1.54) is 11.8 Å². The first-order chi connectivity index (χ1) is 12.4. The van der Waals surface area contributed by atoms with Gasteiger partial charge in [0.1, 0.15) is 17.5 Å². The van der Waals surface area contributed by atoms with Gasteiger partial charge in [0.05, 0.1) is 18.4 Å². The first-order valence-corrected chi connectivity index (χ1v) is 9.20. The lowest BCUT2D eigenvalue weighted by Crippen LogP contribution is -2.57. The first-order valence-electron chi connectivity index (χ1n) is 8.22. The minimum absolute atomic E-state index is 0.128. The van der Waals surface area contributed by atoms with E-state index < -0.39 is 10.8 Å². The van der Waals surface area contributed by atoms with Gasteiger partial charge in [0.2, 0.25) is 11.8 Å². The number of thioether (sulfide) groups is 1. The minimum Gasteiger partial charge on any atom is -0.497 e. The van der Waals surface area contributed by atoms with Crippen LogP contribution in [0.15, 0.2) is 34.9 Å². The molecule has 2 aromatic rings. The van der Waals surface area contributed by atoms with E-state index in [1.807, 2.05) is 38.1 Å². The normalized spacial score (nSPS) is 18.9. The highest BCUT2D eigenvalue weighted by atomic mass is 32.2. The second-order valence-corrected chi connectivity index (χ2v) is 8.12. The molecule has 0 aliphatic carbocycles. The summed E-state index contributed by atoms with van der Waals surface area (Å²) in [6.45, 7) is 3.92. The zero-order chi connectivity index (χ0) is 18.7. The van der Waals surface area contributed by atoms with Crippen LogP contribution in [0.3, 0.4) is 0 Å². The highest BCUT2D eigenvalue weighted by Gasteiger charge is 2.37. The van der Waals surface area contributed by atoms with Gasteiger partial charge < -0.3 is 19.9 Å². The Hall–Kier alpha value is -2.48. The molecule has 1 aromatic heterocycles. The fourth-order valence-electron chi connectivity index (χ4n) is 2.46. The SMILES string of the molecule is COc1ccc(-c2cc(CNC(=O)[C@H]3CSC(C)(C)C(=O)N3)no2)cc1. The van der Waals surface area contributed by atoms with E-state index in [-0.39, 0.29) is 18.4 Å². The van der Waals surface area contributed by atoms with Crippen molar-refractivity contribution in [2.75, 3.05) is 12.9 Å². The van der Waals surface area contributed by atoms with Crippen molar-refractivity contribution < 1.29 is 18.8 Å². The van der Waals surface area contributed by atoms with Gasteiger partial charge in [-0.05, 0) is 38.1 Å². The number of ether oxygens (including phenoxy) is 1. The molecule has 2 heterocycles. The number of nitrogens with zero attached hydrogens (tertiary/aromatic N) is 1. The smallest absolute Gasteiger partial charge is 0.243 e. The van der Waals surface area contributed by atoms with E-state index in [1.54, 1.807) is 13.2 Å². The Bertz CT molecular complexity index is 801. The molecule has 0 radical (unpaired) electrons. The monoisotopic (exact) mass is 375 g/mol. The number of rotatable bonds is 5. The molecule has 0 bridgehead atoms. The van der Waals surface area contributed by atoms with Crippen molar-refractivity contribution >= 4 is 23.6 Å². The summed E-state index contributed by atoms with van der Waals surface area (Å²) in [6, 6.07) is 8.66. The molecule has 2 N–H and O–H groups in total. The number of carbonyl (C=O) groups is 2. The van der Waals surface area contributed by atoms with Gasteiger partial charge in [-0.2, -0.15) is 0 Å². The lowest BCUT2D eigenvalue weighted by Gasteiger charge is -2.32. The second-order valence-electron chi connectivity index (χ2n) is 6.48. The van der Waals surface area contributed by atoms with Crippen molar-refractivity contribution in [2.45, 2.75) is 31.2 Å². The third-order valence-electron chi connectivity index (χ3n) is 4.16. The third kappa shape index (κ3) is 4.01. The summed E-state index contributed by atoms with van der Waals surface area (Å²) in [5.41, 5.74) is 1.48. The van der Waals surface area contributed by atoms with Gasteiger partial charge in [0.25, 0.3) is 0 Å². The van der Waals surface area contributed by atoms with Crippen LogP contribution >= 0.6 is 11.8 Å². The van der Waals surface area contributed by atoms with Gasteiger partial charge in [-0.3, -0.25) is 9.59 Å². The Balaban J connectivity index is 1.56. The first kappa shape index (κ1) is 18.3. The molecule has 1 fully saturated rings. The number of hydrogen-bond donors (Lipinski definition) is 2. The lowest BCUT2D eigenvalue weighted by atomic mass is 10.1. The summed E-state index contributed by atoms with van der Waals surface area (Å²) in [5, 5.41) is 9.52. The van der Waals surface area contributed by atoms with E-state index >= 15 is 0 Å². The molecule has 7 nitrogen and oxygen atoms in total. The minimum atomic E-state index is -0.534. The van der Waals surface area contributed by atoms with Gasteiger partial charge >= 0.3 is 0 Å². The van der Waals surface area contributed by atoms with Crippen molar-refractivity contribution in [1.82, 2.24) is 15.8 Å². The van der Waals surface area contributed by atoms with Crippen LogP contribution in [0.1, 0.15) is 19.5 Å². The van der Waals surface area contributed by atoms with Gasteiger partial charge in [-0.25, -0.2) is 0 Å². The quantitative estimate of drug-likeness (QED) is 0.830. The van der Waals surface area contributed by atoms with Crippen molar-refractivity contribution in [3.8, 4) is 17.1 Å². The number of nitrogens with one attached hydrogen (secondary N) is 2. The van der Waals surface area contributed by atoms with Crippen LogP contribution in [0.25, 0.3) is 11.3 Å². The van der Waals surface area contributed by atoms with Crippen LogP contribution in [0.2, 0.25) is 0 Å². The fourth-order valence-corrected chi connectivity index (χ4v) is 3.47. The van der Waals surface area contributed by atoms with Crippen molar-refractivity contribution in [3.05, 3.63) is 36.0 Å². The van der Waals surface area contributed by atoms with E-state index in [4.69, 9.17) is 9.26 Å². The fraction of sp³-hybridized carbons (Fsp3) is 0.389. The molecular formula is C18H21N3O4S. The summed E-state index contributed by atoms with van der Waals surface area (Å²) < 4.78 is 9.95. The maximum Gasteiger partial charge on any atom is 0.243 e. The topological polar surface area (TPSA) is 93.5 Å². The molecule has 0 unspecified atom stereocenters. The molecule has 1 aromatic carbocycles. The van der Waals surface area contributed by atoms with Crippen molar-refractivity contribution in [3.63, 3.8) is 0 Å². The van der Waals surface area contributed by atoms with Gasteiger partial charge in [0.15, 0.2) is 5.76 Å². The average molecular weight is 375 g/mol. The molecule has 1 saturated heterocycles. The Morgan fingerprint density at radius 3 is 2.81 bits per heavy atom. The van der Waals surface area contributed by atoms with Gasteiger partial charge in [-0.15, -0.1) is 11.8 Å². The number of amides is 2. The number of benzene rings is 1. The van der Waals surface area contributed by atoms with E-state index in [0.717, 1.165) is 11.3 Å². The van der Waals surface area contributed by atoms with E-state index in [9.17, 15) is 9.59 Å². The van der Waals surface area contributed by atoms with Crippen LogP contribution in [0.4, 0.5) is 0 Å². The molecule has 1 aliphatic heterocycles. The van der Waals surface area contributed by atoms with Gasteiger partial charge in [-0.1, -0.05) is 5.16 Å². The predicted molar refractivity (Wildman–Crippen MR) is 98.8 cm³/mol. The number of hydrogen-bond acceptors (Lipinski definition) is 6. The molecule has 0 spiro atoms. The molecule has 3 rings (SSSR count). The molecule has 8 heteroatoms. The van der Waals surface area contributed by atoms with E-state index in [0.29, 0.717) is 17.2 Å². The van der Waals surface area contributed by atoms with Crippen LogP contribution in [-0.2, 0) is 16.1 Å². The largest absolute Gasteiger partial charge is 0.497 e. The van der Waals surface area contributed by atoms with Crippen LogP contribution < -0.4 is 15.4 Å². The average Bonchev–Trinajstić information content (AvgIpc) is 3.11. The zero-order valence-electron chi connectivity index (χ0n) is 14.9. The Morgan fingerprint density at radius 2 is 2.15 bits per heavy atom. The number of aromatic nitrogens is 1. The highest BCUT2D eigenvalue weighted by molar-refractivity contribution is 8.01. The standard InChI is InChI=1S/C18H21N3O4S/c1-18(2)17(23)20-14(10-26-18)16(22)19-9-12-8-15(25-21-12)11-4-6-13(24-3)7-5-11/h4-8,14H,9-10H2,1-3H3,(H,19,22)(H,20,23)/t14-/m1/s1.